The molecule has 1 rings (SSSR count). The zero-order valence-electron chi connectivity index (χ0n) is 10.5. The van der Waals surface area contributed by atoms with Crippen molar-refractivity contribution in [1.82, 2.24) is 4.90 Å². The van der Waals surface area contributed by atoms with E-state index in [2.05, 4.69) is 15.9 Å². The fourth-order valence-electron chi connectivity index (χ4n) is 1.35. The highest BCUT2D eigenvalue weighted by atomic mass is 79.9. The minimum atomic E-state index is 0.136. The molecule has 0 spiro atoms. The standard InChI is InChI=1S/C13H18BrNO2/c1-10-6-7-12(11(14)9-10)17-8-4-5-13(16)15(2)3/h6-7,9H,4-5,8H2,1-3H3. The van der Waals surface area contributed by atoms with Crippen LogP contribution in [0.1, 0.15) is 18.4 Å². The topological polar surface area (TPSA) is 29.5 Å². The maximum Gasteiger partial charge on any atom is 0.222 e. The van der Waals surface area contributed by atoms with Crippen LogP contribution in [0.15, 0.2) is 22.7 Å². The Labute approximate surface area is 111 Å². The van der Waals surface area contributed by atoms with Crippen molar-refractivity contribution >= 4 is 21.8 Å². The smallest absolute Gasteiger partial charge is 0.222 e. The molecule has 0 atom stereocenters. The molecule has 0 unspecified atom stereocenters. The highest BCUT2D eigenvalue weighted by molar-refractivity contribution is 9.10. The van der Waals surface area contributed by atoms with Crippen molar-refractivity contribution in [2.24, 2.45) is 0 Å². The van der Waals surface area contributed by atoms with Crippen LogP contribution in [0.4, 0.5) is 0 Å². The van der Waals surface area contributed by atoms with Crippen molar-refractivity contribution in [2.75, 3.05) is 20.7 Å². The normalized spacial score (nSPS) is 10.1. The van der Waals surface area contributed by atoms with Gasteiger partial charge in [-0.1, -0.05) is 6.07 Å². The lowest BCUT2D eigenvalue weighted by Crippen LogP contribution is -2.21. The maximum atomic E-state index is 11.3. The number of hydrogen-bond acceptors (Lipinski definition) is 2. The Morgan fingerprint density at radius 1 is 1.41 bits per heavy atom. The lowest BCUT2D eigenvalue weighted by Gasteiger charge is -2.11. The second-order valence-electron chi connectivity index (χ2n) is 4.17. The molecule has 0 saturated carbocycles. The van der Waals surface area contributed by atoms with E-state index in [4.69, 9.17) is 4.74 Å². The molecule has 1 amide bonds. The van der Waals surface area contributed by atoms with Crippen LogP contribution >= 0.6 is 15.9 Å². The molecule has 1 aromatic rings. The minimum Gasteiger partial charge on any atom is -0.492 e. The number of carbonyl (C=O) groups excluding carboxylic acids is 1. The molecule has 0 aliphatic heterocycles. The highest BCUT2D eigenvalue weighted by Gasteiger charge is 2.04. The van der Waals surface area contributed by atoms with Gasteiger partial charge in [-0.25, -0.2) is 0 Å². The molecule has 0 aliphatic rings. The van der Waals surface area contributed by atoms with Crippen LogP contribution in [-0.4, -0.2) is 31.5 Å². The van der Waals surface area contributed by atoms with Crippen molar-refractivity contribution < 1.29 is 9.53 Å². The molecule has 0 aliphatic carbocycles. The van der Waals surface area contributed by atoms with E-state index in [1.165, 1.54) is 5.56 Å². The summed E-state index contributed by atoms with van der Waals surface area (Å²) in [7, 11) is 3.53. The molecule has 1 aromatic carbocycles. The van der Waals surface area contributed by atoms with E-state index in [0.717, 1.165) is 16.6 Å². The number of carbonyl (C=O) groups is 1. The summed E-state index contributed by atoms with van der Waals surface area (Å²) >= 11 is 3.45. The van der Waals surface area contributed by atoms with E-state index in [1.807, 2.05) is 25.1 Å². The Balaban J connectivity index is 2.34. The number of halogens is 1. The van der Waals surface area contributed by atoms with Gasteiger partial charge in [0.15, 0.2) is 0 Å². The first-order chi connectivity index (χ1) is 8.00. The van der Waals surface area contributed by atoms with E-state index >= 15 is 0 Å². The van der Waals surface area contributed by atoms with Crippen molar-refractivity contribution in [3.63, 3.8) is 0 Å². The van der Waals surface area contributed by atoms with Crippen LogP contribution in [0, 0.1) is 6.92 Å². The average molecular weight is 300 g/mol. The lowest BCUT2D eigenvalue weighted by atomic mass is 10.2. The third-order valence-electron chi connectivity index (χ3n) is 2.38. The number of ether oxygens (including phenoxy) is 1. The average Bonchev–Trinajstić information content (AvgIpc) is 2.26. The molecule has 0 N–H and O–H groups in total. The molecule has 0 heterocycles. The molecule has 3 nitrogen and oxygen atoms in total. The maximum absolute atomic E-state index is 11.3. The van der Waals surface area contributed by atoms with Gasteiger partial charge < -0.3 is 9.64 Å². The second-order valence-corrected chi connectivity index (χ2v) is 5.03. The van der Waals surface area contributed by atoms with Crippen molar-refractivity contribution in [3.05, 3.63) is 28.2 Å². The molecule has 0 fully saturated rings. The Morgan fingerprint density at radius 2 is 2.12 bits per heavy atom. The molecule has 0 radical (unpaired) electrons. The summed E-state index contributed by atoms with van der Waals surface area (Å²) in [6.07, 6.45) is 1.26. The fraction of sp³-hybridized carbons (Fsp3) is 0.462. The van der Waals surface area contributed by atoms with Crippen molar-refractivity contribution in [1.29, 1.82) is 0 Å². The number of amides is 1. The van der Waals surface area contributed by atoms with Gasteiger partial charge in [0, 0.05) is 20.5 Å². The predicted molar refractivity (Wildman–Crippen MR) is 72.3 cm³/mol. The van der Waals surface area contributed by atoms with Crippen molar-refractivity contribution in [2.45, 2.75) is 19.8 Å². The Kier molecular flexibility index (Phi) is 5.48. The monoisotopic (exact) mass is 299 g/mol. The summed E-state index contributed by atoms with van der Waals surface area (Å²) in [6, 6.07) is 5.96. The van der Waals surface area contributed by atoms with Gasteiger partial charge in [0.1, 0.15) is 5.75 Å². The van der Waals surface area contributed by atoms with Gasteiger partial charge in [-0.2, -0.15) is 0 Å². The van der Waals surface area contributed by atoms with Crippen molar-refractivity contribution in [3.8, 4) is 5.75 Å². The second kappa shape index (κ2) is 6.64. The number of benzene rings is 1. The molecule has 0 bridgehead atoms. The summed E-state index contributed by atoms with van der Waals surface area (Å²) < 4.78 is 6.56. The van der Waals surface area contributed by atoms with E-state index in [-0.39, 0.29) is 5.91 Å². The van der Waals surface area contributed by atoms with Gasteiger partial charge in [0.2, 0.25) is 5.91 Å². The third kappa shape index (κ3) is 4.77. The van der Waals surface area contributed by atoms with Crippen LogP contribution in [-0.2, 0) is 4.79 Å². The van der Waals surface area contributed by atoms with Gasteiger partial charge in [-0.3, -0.25) is 4.79 Å². The molecule has 94 valence electrons. The first-order valence-electron chi connectivity index (χ1n) is 5.60. The third-order valence-corrected chi connectivity index (χ3v) is 3.00. The van der Waals surface area contributed by atoms with E-state index in [1.54, 1.807) is 19.0 Å². The SMILES string of the molecule is Cc1ccc(OCCCC(=O)N(C)C)c(Br)c1. The molecule has 0 saturated heterocycles. The highest BCUT2D eigenvalue weighted by Crippen LogP contribution is 2.25. The molecule has 17 heavy (non-hydrogen) atoms. The van der Waals surface area contributed by atoms with Gasteiger partial charge in [0.25, 0.3) is 0 Å². The first kappa shape index (κ1) is 14.0. The van der Waals surface area contributed by atoms with Crippen LogP contribution in [0.25, 0.3) is 0 Å². The van der Waals surface area contributed by atoms with E-state index in [9.17, 15) is 4.79 Å². The number of nitrogens with zero attached hydrogens (tertiary/aromatic N) is 1. The number of aryl methyl sites for hydroxylation is 1. The Morgan fingerprint density at radius 3 is 2.71 bits per heavy atom. The van der Waals surface area contributed by atoms with E-state index < -0.39 is 0 Å². The molecule has 0 aromatic heterocycles. The summed E-state index contributed by atoms with van der Waals surface area (Å²) in [6.45, 7) is 2.59. The van der Waals surface area contributed by atoms with Gasteiger partial charge in [0.05, 0.1) is 11.1 Å². The quantitative estimate of drug-likeness (QED) is 0.782. The summed E-state index contributed by atoms with van der Waals surface area (Å²) in [5.41, 5.74) is 1.19. The zero-order chi connectivity index (χ0) is 12.8. The van der Waals surface area contributed by atoms with Gasteiger partial charge >= 0.3 is 0 Å². The Hall–Kier alpha value is -1.03. The largest absolute Gasteiger partial charge is 0.492 e. The lowest BCUT2D eigenvalue weighted by molar-refractivity contribution is -0.128. The van der Waals surface area contributed by atoms with Crippen LogP contribution < -0.4 is 4.74 Å². The van der Waals surface area contributed by atoms with Gasteiger partial charge in [-0.05, 0) is 47.0 Å². The van der Waals surface area contributed by atoms with Crippen LogP contribution in [0.3, 0.4) is 0 Å². The van der Waals surface area contributed by atoms with Gasteiger partial charge in [-0.15, -0.1) is 0 Å². The minimum absolute atomic E-state index is 0.136. The molecular formula is C13H18BrNO2. The molecular weight excluding hydrogens is 282 g/mol. The number of hydrogen-bond donors (Lipinski definition) is 0. The predicted octanol–water partition coefficient (Wildman–Crippen LogP) is 3.00. The number of rotatable bonds is 5. The Bertz CT molecular complexity index is 391. The summed E-state index contributed by atoms with van der Waals surface area (Å²) in [5.74, 6) is 0.962. The van der Waals surface area contributed by atoms with Crippen LogP contribution in [0.5, 0.6) is 5.75 Å². The first-order valence-corrected chi connectivity index (χ1v) is 6.39. The van der Waals surface area contributed by atoms with E-state index in [0.29, 0.717) is 13.0 Å². The zero-order valence-corrected chi connectivity index (χ0v) is 12.1. The summed E-state index contributed by atoms with van der Waals surface area (Å²) in [4.78, 5) is 12.9. The summed E-state index contributed by atoms with van der Waals surface area (Å²) in [5, 5.41) is 0. The fourth-order valence-corrected chi connectivity index (χ4v) is 1.96. The molecule has 4 heteroatoms. The van der Waals surface area contributed by atoms with Crippen LogP contribution in [0.2, 0.25) is 0 Å².